The Hall–Kier alpha value is -1.47. The van der Waals surface area contributed by atoms with Gasteiger partial charge in [-0.3, -0.25) is 14.4 Å². The van der Waals surface area contributed by atoms with Crippen molar-refractivity contribution in [3.05, 3.63) is 18.0 Å². The first-order valence-electron chi connectivity index (χ1n) is 8.40. The van der Waals surface area contributed by atoms with E-state index in [1.165, 1.54) is 0 Å². The molecule has 1 atom stereocenters. The Kier molecular flexibility index (Phi) is 4.96. The van der Waals surface area contributed by atoms with Gasteiger partial charge in [0.2, 0.25) is 5.67 Å². The highest BCUT2D eigenvalue weighted by Gasteiger charge is 2.45. The third-order valence-corrected chi connectivity index (χ3v) is 4.62. The number of aryl methyl sites for hydroxylation is 1. The first-order valence-corrected chi connectivity index (χ1v) is 8.40. The number of carbonyl (C=O) groups is 1. The van der Waals surface area contributed by atoms with E-state index in [0.717, 1.165) is 18.7 Å². The average Bonchev–Trinajstić information content (AvgIpc) is 3.02. The molecular formula is C16H25FN4O2. The van der Waals surface area contributed by atoms with Crippen LogP contribution in [-0.4, -0.2) is 70.5 Å². The molecule has 1 amide bonds. The number of morpholine rings is 1. The number of amides is 1. The van der Waals surface area contributed by atoms with Crippen molar-refractivity contribution >= 4 is 5.91 Å². The maximum Gasteiger partial charge on any atom is 0.261 e. The van der Waals surface area contributed by atoms with E-state index in [1.807, 2.05) is 28.9 Å². The van der Waals surface area contributed by atoms with Gasteiger partial charge in [-0.25, -0.2) is 4.39 Å². The first kappa shape index (κ1) is 16.4. The van der Waals surface area contributed by atoms with Gasteiger partial charge in [0.15, 0.2) is 0 Å². The van der Waals surface area contributed by atoms with Crippen LogP contribution in [0.25, 0.3) is 0 Å². The van der Waals surface area contributed by atoms with E-state index in [-0.39, 0.29) is 12.5 Å². The van der Waals surface area contributed by atoms with Crippen LogP contribution in [0.15, 0.2) is 12.4 Å². The van der Waals surface area contributed by atoms with Crippen molar-refractivity contribution in [2.24, 2.45) is 0 Å². The number of aromatic nitrogens is 2. The van der Waals surface area contributed by atoms with Crippen LogP contribution < -0.4 is 0 Å². The molecule has 2 saturated heterocycles. The standard InChI is InChI=1S/C16H25FN4O2/c1-2-21-12-14(10-18-21)11-19-5-3-4-16(17,13-19)15(22)20-6-8-23-9-7-20/h10,12H,2-9,11,13H2,1H3. The van der Waals surface area contributed by atoms with E-state index in [0.29, 0.717) is 45.7 Å². The third kappa shape index (κ3) is 3.72. The predicted octanol–water partition coefficient (Wildman–Crippen LogP) is 1.07. The summed E-state index contributed by atoms with van der Waals surface area (Å²) >= 11 is 0. The lowest BCUT2D eigenvalue weighted by Gasteiger charge is -2.39. The lowest BCUT2D eigenvalue weighted by Crippen LogP contribution is -2.57. The Morgan fingerprint density at radius 3 is 2.87 bits per heavy atom. The molecule has 1 aromatic heterocycles. The summed E-state index contributed by atoms with van der Waals surface area (Å²) in [5.74, 6) is -0.366. The molecule has 3 rings (SSSR count). The van der Waals surface area contributed by atoms with E-state index in [1.54, 1.807) is 4.90 Å². The second-order valence-corrected chi connectivity index (χ2v) is 6.39. The smallest absolute Gasteiger partial charge is 0.261 e. The molecule has 0 aliphatic carbocycles. The molecule has 0 N–H and O–H groups in total. The van der Waals surface area contributed by atoms with Crippen LogP contribution in [0.1, 0.15) is 25.3 Å². The monoisotopic (exact) mass is 324 g/mol. The second-order valence-electron chi connectivity index (χ2n) is 6.39. The van der Waals surface area contributed by atoms with Gasteiger partial charge in [-0.2, -0.15) is 5.10 Å². The number of halogens is 1. The van der Waals surface area contributed by atoms with E-state index in [2.05, 4.69) is 5.10 Å². The molecule has 23 heavy (non-hydrogen) atoms. The largest absolute Gasteiger partial charge is 0.378 e. The molecule has 0 radical (unpaired) electrons. The Morgan fingerprint density at radius 2 is 2.17 bits per heavy atom. The van der Waals surface area contributed by atoms with Gasteiger partial charge in [0.1, 0.15) is 0 Å². The minimum atomic E-state index is -1.77. The van der Waals surface area contributed by atoms with E-state index in [4.69, 9.17) is 4.74 Å². The summed E-state index contributed by atoms with van der Waals surface area (Å²) in [6, 6.07) is 0. The van der Waals surface area contributed by atoms with Gasteiger partial charge < -0.3 is 9.64 Å². The van der Waals surface area contributed by atoms with Crippen LogP contribution in [-0.2, 0) is 22.6 Å². The molecule has 3 heterocycles. The molecule has 128 valence electrons. The van der Waals surface area contributed by atoms with Gasteiger partial charge >= 0.3 is 0 Å². The van der Waals surface area contributed by atoms with Crippen LogP contribution in [0.3, 0.4) is 0 Å². The zero-order valence-electron chi connectivity index (χ0n) is 13.7. The fourth-order valence-corrected chi connectivity index (χ4v) is 3.37. The van der Waals surface area contributed by atoms with Crippen LogP contribution in [0, 0.1) is 0 Å². The van der Waals surface area contributed by atoms with Crippen LogP contribution in [0.5, 0.6) is 0 Å². The average molecular weight is 324 g/mol. The van der Waals surface area contributed by atoms with Gasteiger partial charge in [0.05, 0.1) is 19.4 Å². The molecule has 0 aromatic carbocycles. The molecule has 6 nitrogen and oxygen atoms in total. The lowest BCUT2D eigenvalue weighted by atomic mass is 9.92. The summed E-state index contributed by atoms with van der Waals surface area (Å²) in [5.41, 5.74) is -0.703. The van der Waals surface area contributed by atoms with Gasteiger partial charge in [-0.1, -0.05) is 0 Å². The van der Waals surface area contributed by atoms with Crippen molar-refractivity contribution in [2.75, 3.05) is 39.4 Å². The highest BCUT2D eigenvalue weighted by molar-refractivity contribution is 5.85. The van der Waals surface area contributed by atoms with E-state index < -0.39 is 5.67 Å². The summed E-state index contributed by atoms with van der Waals surface area (Å²) in [6.07, 6.45) is 4.82. The van der Waals surface area contributed by atoms with E-state index in [9.17, 15) is 4.79 Å². The summed E-state index contributed by atoms with van der Waals surface area (Å²) in [4.78, 5) is 16.2. The van der Waals surface area contributed by atoms with Crippen molar-refractivity contribution in [3.63, 3.8) is 0 Å². The SMILES string of the molecule is CCn1cc(CN2CCCC(F)(C(=O)N3CCOCC3)C2)cn1. The molecule has 0 bridgehead atoms. The first-order chi connectivity index (χ1) is 11.1. The number of ether oxygens (including phenoxy) is 1. The number of carbonyl (C=O) groups excluding carboxylic acids is 1. The van der Waals surface area contributed by atoms with Crippen molar-refractivity contribution in [3.8, 4) is 0 Å². The summed E-state index contributed by atoms with van der Waals surface area (Å²) in [7, 11) is 0. The topological polar surface area (TPSA) is 50.6 Å². The van der Waals surface area contributed by atoms with Crippen molar-refractivity contribution in [1.29, 1.82) is 0 Å². The molecule has 0 spiro atoms. The number of hydrogen-bond donors (Lipinski definition) is 0. The maximum absolute atomic E-state index is 15.3. The summed E-state index contributed by atoms with van der Waals surface area (Å²) in [5, 5.41) is 4.25. The van der Waals surface area contributed by atoms with Crippen molar-refractivity contribution in [1.82, 2.24) is 19.6 Å². The van der Waals surface area contributed by atoms with Crippen LogP contribution in [0.2, 0.25) is 0 Å². The van der Waals surface area contributed by atoms with Gasteiger partial charge in [-0.05, 0) is 26.3 Å². The van der Waals surface area contributed by atoms with Gasteiger partial charge in [-0.15, -0.1) is 0 Å². The lowest BCUT2D eigenvalue weighted by molar-refractivity contribution is -0.152. The fraction of sp³-hybridized carbons (Fsp3) is 0.750. The molecule has 0 saturated carbocycles. The molecule has 1 unspecified atom stereocenters. The number of piperidine rings is 1. The molecule has 7 heteroatoms. The third-order valence-electron chi connectivity index (χ3n) is 4.62. The Bertz CT molecular complexity index is 544. The van der Waals surface area contributed by atoms with Gasteiger partial charge in [0, 0.05) is 44.5 Å². The zero-order valence-corrected chi connectivity index (χ0v) is 13.7. The molecular weight excluding hydrogens is 299 g/mol. The number of nitrogens with zero attached hydrogens (tertiary/aromatic N) is 4. The minimum Gasteiger partial charge on any atom is -0.378 e. The zero-order chi connectivity index (χ0) is 16.3. The van der Waals surface area contributed by atoms with Crippen molar-refractivity contribution < 1.29 is 13.9 Å². The molecule has 1 aromatic rings. The maximum atomic E-state index is 15.3. The number of alkyl halides is 1. The van der Waals surface area contributed by atoms with Crippen LogP contribution in [0.4, 0.5) is 4.39 Å². The highest BCUT2D eigenvalue weighted by Crippen LogP contribution is 2.29. The predicted molar refractivity (Wildman–Crippen MR) is 83.7 cm³/mol. The summed E-state index contributed by atoms with van der Waals surface area (Å²) in [6.45, 7) is 6.47. The van der Waals surface area contributed by atoms with Crippen LogP contribution >= 0.6 is 0 Å². The summed E-state index contributed by atoms with van der Waals surface area (Å²) < 4.78 is 22.4. The Balaban J connectivity index is 1.62. The number of rotatable bonds is 4. The quantitative estimate of drug-likeness (QED) is 0.831. The number of hydrogen-bond acceptors (Lipinski definition) is 4. The Morgan fingerprint density at radius 1 is 1.39 bits per heavy atom. The second kappa shape index (κ2) is 6.97. The minimum absolute atomic E-state index is 0.167. The molecule has 2 aliphatic rings. The van der Waals surface area contributed by atoms with Gasteiger partial charge in [0.25, 0.3) is 5.91 Å². The molecule has 2 aliphatic heterocycles. The molecule has 2 fully saturated rings. The Labute approximate surface area is 136 Å². The fourth-order valence-electron chi connectivity index (χ4n) is 3.37. The highest BCUT2D eigenvalue weighted by atomic mass is 19.1. The number of likely N-dealkylation sites (tertiary alicyclic amines) is 1. The normalized spacial score (nSPS) is 26.4. The van der Waals surface area contributed by atoms with E-state index >= 15 is 4.39 Å². The van der Waals surface area contributed by atoms with Crippen molar-refractivity contribution in [2.45, 2.75) is 38.5 Å².